The van der Waals surface area contributed by atoms with Crippen molar-refractivity contribution in [1.29, 1.82) is 0 Å². The number of halogens is 1. The first kappa shape index (κ1) is 10.1. The van der Waals surface area contributed by atoms with Crippen LogP contribution in [0, 0.1) is 6.92 Å². The summed E-state index contributed by atoms with van der Waals surface area (Å²) in [5, 5.41) is 8.14. The van der Waals surface area contributed by atoms with Gasteiger partial charge < -0.3 is 0 Å². The monoisotopic (exact) mass is 218 g/mol. The highest BCUT2D eigenvalue weighted by Crippen LogP contribution is 2.17. The van der Waals surface area contributed by atoms with Crippen molar-refractivity contribution in [1.82, 2.24) is 10.2 Å². The molecule has 0 saturated carbocycles. The third-order valence-corrected chi connectivity index (χ3v) is 2.51. The number of aromatic nitrogens is 2. The number of nitrogens with zero attached hydrogens (tertiary/aromatic N) is 2. The predicted octanol–water partition coefficient (Wildman–Crippen LogP) is 3.19. The van der Waals surface area contributed by atoms with E-state index in [2.05, 4.69) is 10.2 Å². The minimum absolute atomic E-state index is 0.542. The Labute approximate surface area is 93.9 Å². The van der Waals surface area contributed by atoms with Crippen LogP contribution >= 0.6 is 11.6 Å². The Hall–Kier alpha value is -1.41. The van der Waals surface area contributed by atoms with E-state index < -0.39 is 0 Å². The average Bonchev–Trinajstić information content (AvgIpc) is 2.30. The van der Waals surface area contributed by atoms with E-state index in [0.29, 0.717) is 5.88 Å². The minimum Gasteiger partial charge on any atom is -0.155 e. The van der Waals surface area contributed by atoms with Gasteiger partial charge in [0.15, 0.2) is 0 Å². The smallest absolute Gasteiger partial charge is 0.0929 e. The highest BCUT2D eigenvalue weighted by atomic mass is 35.5. The van der Waals surface area contributed by atoms with E-state index in [1.807, 2.05) is 43.3 Å². The van der Waals surface area contributed by atoms with Gasteiger partial charge in [-0.05, 0) is 24.6 Å². The Morgan fingerprint density at radius 1 is 1.00 bits per heavy atom. The second-order valence-electron chi connectivity index (χ2n) is 3.39. The van der Waals surface area contributed by atoms with Gasteiger partial charge in [-0.1, -0.05) is 24.3 Å². The first-order chi connectivity index (χ1) is 7.29. The van der Waals surface area contributed by atoms with Crippen LogP contribution in [0.15, 0.2) is 36.4 Å². The number of alkyl halides is 1. The maximum atomic E-state index is 5.72. The SMILES string of the molecule is Cc1ccc(-c2ccc(CCl)cc2)nn1. The van der Waals surface area contributed by atoms with Gasteiger partial charge in [0.05, 0.1) is 11.4 Å². The third kappa shape index (κ3) is 2.34. The number of rotatable bonds is 2. The van der Waals surface area contributed by atoms with E-state index >= 15 is 0 Å². The number of benzene rings is 1. The minimum atomic E-state index is 0.542. The summed E-state index contributed by atoms with van der Waals surface area (Å²) in [6, 6.07) is 12.0. The molecule has 0 N–H and O–H groups in total. The van der Waals surface area contributed by atoms with E-state index in [1.54, 1.807) is 0 Å². The highest BCUT2D eigenvalue weighted by Gasteiger charge is 1.99. The lowest BCUT2D eigenvalue weighted by molar-refractivity contribution is 0.987. The quantitative estimate of drug-likeness (QED) is 0.724. The van der Waals surface area contributed by atoms with Crippen LogP contribution in [0.2, 0.25) is 0 Å². The maximum absolute atomic E-state index is 5.72. The van der Waals surface area contributed by atoms with Gasteiger partial charge in [0.1, 0.15) is 0 Å². The molecule has 76 valence electrons. The molecule has 3 heteroatoms. The molecule has 0 fully saturated rings. The second-order valence-corrected chi connectivity index (χ2v) is 3.66. The number of hydrogen-bond acceptors (Lipinski definition) is 2. The summed E-state index contributed by atoms with van der Waals surface area (Å²) in [6.45, 7) is 1.92. The standard InChI is InChI=1S/C12H11ClN2/c1-9-2-7-12(15-14-9)11-5-3-10(8-13)4-6-11/h2-7H,8H2,1H3. The zero-order chi connectivity index (χ0) is 10.7. The Kier molecular flexibility index (Phi) is 2.97. The van der Waals surface area contributed by atoms with Gasteiger partial charge in [-0.25, -0.2) is 0 Å². The number of aryl methyl sites for hydroxylation is 1. The molecule has 1 aromatic heterocycles. The fraction of sp³-hybridized carbons (Fsp3) is 0.167. The molecule has 0 aliphatic rings. The predicted molar refractivity (Wildman–Crippen MR) is 61.8 cm³/mol. The fourth-order valence-corrected chi connectivity index (χ4v) is 1.50. The lowest BCUT2D eigenvalue weighted by atomic mass is 10.1. The van der Waals surface area contributed by atoms with E-state index in [9.17, 15) is 0 Å². The van der Waals surface area contributed by atoms with Crippen molar-refractivity contribution >= 4 is 11.6 Å². The molecular formula is C12H11ClN2. The molecule has 0 radical (unpaired) electrons. The molecule has 0 bridgehead atoms. The zero-order valence-electron chi connectivity index (χ0n) is 8.44. The van der Waals surface area contributed by atoms with Crippen molar-refractivity contribution in [2.24, 2.45) is 0 Å². The van der Waals surface area contributed by atoms with E-state index in [4.69, 9.17) is 11.6 Å². The normalized spacial score (nSPS) is 10.3. The summed E-state index contributed by atoms with van der Waals surface area (Å²) in [7, 11) is 0. The fourth-order valence-electron chi connectivity index (χ4n) is 1.32. The average molecular weight is 219 g/mol. The lowest BCUT2D eigenvalue weighted by Gasteiger charge is -2.01. The van der Waals surface area contributed by atoms with E-state index in [1.165, 1.54) is 0 Å². The van der Waals surface area contributed by atoms with Crippen LogP contribution in [-0.2, 0) is 5.88 Å². The molecule has 0 amide bonds. The van der Waals surface area contributed by atoms with E-state index in [0.717, 1.165) is 22.5 Å². The molecule has 0 atom stereocenters. The first-order valence-electron chi connectivity index (χ1n) is 4.75. The van der Waals surface area contributed by atoms with Crippen molar-refractivity contribution in [3.63, 3.8) is 0 Å². The van der Waals surface area contributed by atoms with Crippen LogP contribution in [-0.4, -0.2) is 10.2 Å². The summed E-state index contributed by atoms with van der Waals surface area (Å²) < 4.78 is 0. The topological polar surface area (TPSA) is 25.8 Å². The van der Waals surface area contributed by atoms with Crippen molar-refractivity contribution < 1.29 is 0 Å². The molecule has 1 aromatic carbocycles. The highest BCUT2D eigenvalue weighted by molar-refractivity contribution is 6.17. The summed E-state index contributed by atoms with van der Waals surface area (Å²) in [5.41, 5.74) is 4.00. The molecule has 2 rings (SSSR count). The Bertz CT molecular complexity index is 434. The van der Waals surface area contributed by atoms with Crippen LogP contribution in [0.4, 0.5) is 0 Å². The molecule has 2 aromatic rings. The van der Waals surface area contributed by atoms with Gasteiger partial charge in [-0.2, -0.15) is 10.2 Å². The number of hydrogen-bond donors (Lipinski definition) is 0. The van der Waals surface area contributed by atoms with Crippen molar-refractivity contribution in [2.75, 3.05) is 0 Å². The second kappa shape index (κ2) is 4.41. The first-order valence-corrected chi connectivity index (χ1v) is 5.28. The summed E-state index contributed by atoms with van der Waals surface area (Å²) in [4.78, 5) is 0. The molecular weight excluding hydrogens is 208 g/mol. The van der Waals surface area contributed by atoms with Crippen LogP contribution in [0.5, 0.6) is 0 Å². The molecule has 0 spiro atoms. The van der Waals surface area contributed by atoms with Gasteiger partial charge in [0.25, 0.3) is 0 Å². The van der Waals surface area contributed by atoms with Crippen LogP contribution in [0.25, 0.3) is 11.3 Å². The molecule has 0 unspecified atom stereocenters. The van der Waals surface area contributed by atoms with Crippen molar-refractivity contribution in [3.8, 4) is 11.3 Å². The Morgan fingerprint density at radius 2 is 1.73 bits per heavy atom. The third-order valence-electron chi connectivity index (χ3n) is 2.20. The maximum Gasteiger partial charge on any atom is 0.0929 e. The van der Waals surface area contributed by atoms with Gasteiger partial charge in [-0.3, -0.25) is 0 Å². The van der Waals surface area contributed by atoms with E-state index in [-0.39, 0.29) is 0 Å². The molecule has 15 heavy (non-hydrogen) atoms. The van der Waals surface area contributed by atoms with Crippen LogP contribution in [0.1, 0.15) is 11.3 Å². The van der Waals surface area contributed by atoms with Gasteiger partial charge >= 0.3 is 0 Å². The summed E-state index contributed by atoms with van der Waals surface area (Å²) in [6.07, 6.45) is 0. The Morgan fingerprint density at radius 3 is 2.27 bits per heavy atom. The van der Waals surface area contributed by atoms with Crippen LogP contribution < -0.4 is 0 Å². The molecule has 0 aliphatic heterocycles. The van der Waals surface area contributed by atoms with Crippen molar-refractivity contribution in [2.45, 2.75) is 12.8 Å². The summed E-state index contributed by atoms with van der Waals surface area (Å²) >= 11 is 5.72. The zero-order valence-corrected chi connectivity index (χ0v) is 9.20. The molecule has 2 nitrogen and oxygen atoms in total. The molecule has 0 saturated heterocycles. The van der Waals surface area contributed by atoms with Gasteiger partial charge in [0.2, 0.25) is 0 Å². The largest absolute Gasteiger partial charge is 0.155 e. The van der Waals surface area contributed by atoms with Gasteiger partial charge in [0, 0.05) is 11.4 Å². The summed E-state index contributed by atoms with van der Waals surface area (Å²) in [5.74, 6) is 0.542. The van der Waals surface area contributed by atoms with Gasteiger partial charge in [-0.15, -0.1) is 11.6 Å². The van der Waals surface area contributed by atoms with Crippen LogP contribution in [0.3, 0.4) is 0 Å². The Balaban J connectivity index is 2.33. The van der Waals surface area contributed by atoms with Crippen molar-refractivity contribution in [3.05, 3.63) is 47.7 Å². The molecule has 1 heterocycles. The lowest BCUT2D eigenvalue weighted by Crippen LogP contribution is -1.89. The molecule has 0 aliphatic carbocycles.